The maximum atomic E-state index is 12.8. The Morgan fingerprint density at radius 2 is 1.93 bits per heavy atom. The van der Waals surface area contributed by atoms with Gasteiger partial charge < -0.3 is 9.64 Å². The molecule has 5 rings (SSSR count). The third kappa shape index (κ3) is 3.21. The van der Waals surface area contributed by atoms with Gasteiger partial charge in [0, 0.05) is 18.4 Å². The average molecular weight is 389 g/mol. The monoisotopic (exact) mass is 389 g/mol. The van der Waals surface area contributed by atoms with Gasteiger partial charge >= 0.3 is 0 Å². The SMILES string of the molecule is Cc1nc([C@H]2OCC(=O)N(C3CC3)[C@@H]2c2cccnc2)n(-c2ccccc2C)n1. The van der Waals surface area contributed by atoms with Crippen molar-refractivity contribution in [3.8, 4) is 5.69 Å². The summed E-state index contributed by atoms with van der Waals surface area (Å²) in [6.07, 6.45) is 5.19. The second kappa shape index (κ2) is 7.08. The number of pyridine rings is 1. The number of para-hydroxylation sites is 1. The minimum atomic E-state index is -0.418. The zero-order valence-corrected chi connectivity index (χ0v) is 16.5. The van der Waals surface area contributed by atoms with Crippen molar-refractivity contribution in [1.82, 2.24) is 24.6 Å². The molecule has 1 aliphatic heterocycles. The van der Waals surface area contributed by atoms with Crippen molar-refractivity contribution in [3.63, 3.8) is 0 Å². The van der Waals surface area contributed by atoms with Gasteiger partial charge in [-0.3, -0.25) is 9.78 Å². The number of carbonyl (C=O) groups is 1. The molecule has 2 fully saturated rings. The van der Waals surface area contributed by atoms with Crippen LogP contribution in [0.4, 0.5) is 0 Å². The molecule has 1 saturated carbocycles. The molecule has 1 amide bonds. The molecule has 3 heterocycles. The van der Waals surface area contributed by atoms with E-state index < -0.39 is 6.10 Å². The van der Waals surface area contributed by atoms with E-state index in [2.05, 4.69) is 23.1 Å². The van der Waals surface area contributed by atoms with Crippen LogP contribution in [0.3, 0.4) is 0 Å². The first-order valence-electron chi connectivity index (χ1n) is 9.96. The summed E-state index contributed by atoms with van der Waals surface area (Å²) in [5.41, 5.74) is 3.02. The molecular weight excluding hydrogens is 366 g/mol. The van der Waals surface area contributed by atoms with Gasteiger partial charge in [-0.1, -0.05) is 24.3 Å². The van der Waals surface area contributed by atoms with Crippen molar-refractivity contribution in [2.45, 2.75) is 44.9 Å². The Morgan fingerprint density at radius 3 is 2.66 bits per heavy atom. The van der Waals surface area contributed by atoms with Gasteiger partial charge in [0.15, 0.2) is 5.82 Å². The highest BCUT2D eigenvalue weighted by Crippen LogP contribution is 2.45. The zero-order valence-electron chi connectivity index (χ0n) is 16.5. The van der Waals surface area contributed by atoms with Crippen LogP contribution < -0.4 is 0 Å². The number of aryl methyl sites for hydroxylation is 2. The lowest BCUT2D eigenvalue weighted by Gasteiger charge is -2.41. The van der Waals surface area contributed by atoms with Gasteiger partial charge in [-0.05, 0) is 49.9 Å². The summed E-state index contributed by atoms with van der Waals surface area (Å²) in [5.74, 6) is 1.41. The molecule has 0 unspecified atom stereocenters. The first-order chi connectivity index (χ1) is 14.1. The Bertz CT molecular complexity index is 1040. The molecule has 0 spiro atoms. The molecule has 2 atom stereocenters. The van der Waals surface area contributed by atoms with Gasteiger partial charge in [0.1, 0.15) is 18.5 Å². The number of ether oxygens (including phenoxy) is 1. The van der Waals surface area contributed by atoms with Crippen LogP contribution in [0.2, 0.25) is 0 Å². The highest BCUT2D eigenvalue weighted by molar-refractivity contribution is 5.79. The number of rotatable bonds is 4. The van der Waals surface area contributed by atoms with E-state index in [1.165, 1.54) is 0 Å². The van der Waals surface area contributed by atoms with E-state index in [1.807, 2.05) is 53.0 Å². The highest BCUT2D eigenvalue weighted by atomic mass is 16.5. The van der Waals surface area contributed by atoms with Crippen molar-refractivity contribution in [2.75, 3.05) is 6.61 Å². The number of amides is 1. The summed E-state index contributed by atoms with van der Waals surface area (Å²) in [6.45, 7) is 3.98. The fourth-order valence-electron chi connectivity index (χ4n) is 4.11. The Morgan fingerprint density at radius 1 is 1.10 bits per heavy atom. The number of hydrogen-bond donors (Lipinski definition) is 0. The van der Waals surface area contributed by atoms with Crippen LogP contribution in [0.1, 0.15) is 47.8 Å². The van der Waals surface area contributed by atoms with Crippen LogP contribution in [0.25, 0.3) is 5.69 Å². The summed E-state index contributed by atoms with van der Waals surface area (Å²) < 4.78 is 7.99. The minimum Gasteiger partial charge on any atom is -0.358 e. The van der Waals surface area contributed by atoms with Crippen LogP contribution >= 0.6 is 0 Å². The normalized spacial score (nSPS) is 22.1. The van der Waals surface area contributed by atoms with Crippen molar-refractivity contribution >= 4 is 5.91 Å². The second-order valence-electron chi connectivity index (χ2n) is 7.71. The number of morpholine rings is 1. The lowest BCUT2D eigenvalue weighted by atomic mass is 9.98. The Balaban J connectivity index is 1.65. The molecule has 29 heavy (non-hydrogen) atoms. The molecule has 1 saturated heterocycles. The molecule has 7 nitrogen and oxygen atoms in total. The standard InChI is InChI=1S/C22H23N5O2/c1-14-6-3-4-8-18(14)27-22(24-15(2)25-27)21-20(16-7-5-11-23-12-16)26(17-9-10-17)19(28)13-29-21/h3-8,11-12,17,20-21H,9-10,13H2,1-2H3/t20-,21+/m1/s1. The van der Waals surface area contributed by atoms with E-state index >= 15 is 0 Å². The molecule has 0 bridgehead atoms. The molecule has 3 aromatic rings. The van der Waals surface area contributed by atoms with Crippen molar-refractivity contribution in [1.29, 1.82) is 0 Å². The fraction of sp³-hybridized carbons (Fsp3) is 0.364. The molecule has 148 valence electrons. The molecular formula is C22H23N5O2. The van der Waals surface area contributed by atoms with Gasteiger partial charge in [0.25, 0.3) is 0 Å². The van der Waals surface area contributed by atoms with Crippen LogP contribution in [0.5, 0.6) is 0 Å². The molecule has 1 aliphatic carbocycles. The van der Waals surface area contributed by atoms with E-state index in [4.69, 9.17) is 9.72 Å². The van der Waals surface area contributed by atoms with Crippen molar-refractivity contribution in [3.05, 3.63) is 71.6 Å². The van der Waals surface area contributed by atoms with Gasteiger partial charge in [0.2, 0.25) is 5.91 Å². The lowest BCUT2D eigenvalue weighted by molar-refractivity contribution is -0.160. The molecule has 2 aliphatic rings. The summed E-state index contributed by atoms with van der Waals surface area (Å²) in [5, 5.41) is 4.66. The van der Waals surface area contributed by atoms with Crippen LogP contribution in [0, 0.1) is 13.8 Å². The largest absolute Gasteiger partial charge is 0.358 e. The maximum Gasteiger partial charge on any atom is 0.249 e. The smallest absolute Gasteiger partial charge is 0.249 e. The summed E-state index contributed by atoms with van der Waals surface area (Å²) in [4.78, 5) is 23.8. The molecule has 1 aromatic carbocycles. The zero-order chi connectivity index (χ0) is 20.0. The van der Waals surface area contributed by atoms with Gasteiger partial charge in [-0.25, -0.2) is 9.67 Å². The quantitative estimate of drug-likeness (QED) is 0.686. The van der Waals surface area contributed by atoms with Crippen LogP contribution in [-0.2, 0) is 9.53 Å². The molecule has 7 heteroatoms. The van der Waals surface area contributed by atoms with E-state index in [9.17, 15) is 4.79 Å². The number of hydrogen-bond acceptors (Lipinski definition) is 5. The fourth-order valence-corrected chi connectivity index (χ4v) is 4.11. The van der Waals surface area contributed by atoms with Crippen LogP contribution in [0.15, 0.2) is 48.8 Å². The van der Waals surface area contributed by atoms with E-state index in [0.717, 1.165) is 29.7 Å². The van der Waals surface area contributed by atoms with E-state index in [0.29, 0.717) is 11.6 Å². The van der Waals surface area contributed by atoms with Crippen molar-refractivity contribution < 1.29 is 9.53 Å². The molecule has 2 aromatic heterocycles. The third-order valence-electron chi connectivity index (χ3n) is 5.56. The minimum absolute atomic E-state index is 0.0243. The topological polar surface area (TPSA) is 73.1 Å². The lowest BCUT2D eigenvalue weighted by Crippen LogP contribution is -2.47. The third-order valence-corrected chi connectivity index (χ3v) is 5.56. The van der Waals surface area contributed by atoms with Gasteiger partial charge in [0.05, 0.1) is 11.7 Å². The average Bonchev–Trinajstić information content (AvgIpc) is 3.50. The Hall–Kier alpha value is -3.06. The van der Waals surface area contributed by atoms with Crippen LogP contribution in [-0.4, -0.2) is 43.2 Å². The summed E-state index contributed by atoms with van der Waals surface area (Å²) in [6, 6.07) is 12.0. The maximum absolute atomic E-state index is 12.8. The predicted octanol–water partition coefficient (Wildman–Crippen LogP) is 3.08. The number of aromatic nitrogens is 4. The van der Waals surface area contributed by atoms with Gasteiger partial charge in [-0.2, -0.15) is 5.10 Å². The second-order valence-corrected chi connectivity index (χ2v) is 7.71. The first kappa shape index (κ1) is 18.0. The molecule has 0 radical (unpaired) electrons. The Kier molecular flexibility index (Phi) is 4.39. The summed E-state index contributed by atoms with van der Waals surface area (Å²) in [7, 11) is 0. The number of carbonyl (C=O) groups excluding carboxylic acids is 1. The van der Waals surface area contributed by atoms with Gasteiger partial charge in [-0.15, -0.1) is 0 Å². The molecule has 0 N–H and O–H groups in total. The predicted molar refractivity (Wildman–Crippen MR) is 106 cm³/mol. The first-order valence-corrected chi connectivity index (χ1v) is 9.96. The number of nitrogens with zero attached hydrogens (tertiary/aromatic N) is 5. The number of benzene rings is 1. The van der Waals surface area contributed by atoms with Crippen molar-refractivity contribution in [2.24, 2.45) is 0 Å². The van der Waals surface area contributed by atoms with E-state index in [1.54, 1.807) is 6.20 Å². The van der Waals surface area contributed by atoms with E-state index in [-0.39, 0.29) is 24.6 Å². The highest BCUT2D eigenvalue weighted by Gasteiger charge is 2.47. The summed E-state index contributed by atoms with van der Waals surface area (Å²) >= 11 is 0. The Labute approximate surface area is 169 Å².